The number of aryl methyl sites for hydroxylation is 1. The molecule has 0 radical (unpaired) electrons. The third-order valence-electron chi connectivity index (χ3n) is 2.63. The second kappa shape index (κ2) is 5.03. The summed E-state index contributed by atoms with van der Waals surface area (Å²) in [5, 5.41) is 0. The van der Waals surface area contributed by atoms with Crippen LogP contribution in [0, 0.1) is 0 Å². The topological polar surface area (TPSA) is 29.0 Å². The standard InChI is InChI=1S/C13H17N3/c1-16(2)10-4-6-11-5-3-7-12-13(11)15-9-8-14-12/h3,5,7-9H,4,6,10H2,1-2H3. The van der Waals surface area contributed by atoms with Crippen LogP contribution in [0.1, 0.15) is 12.0 Å². The number of para-hydroxylation sites is 1. The molecule has 3 nitrogen and oxygen atoms in total. The summed E-state index contributed by atoms with van der Waals surface area (Å²) in [4.78, 5) is 10.9. The molecule has 0 fully saturated rings. The van der Waals surface area contributed by atoms with Gasteiger partial charge in [-0.3, -0.25) is 9.97 Å². The summed E-state index contributed by atoms with van der Waals surface area (Å²) in [5.41, 5.74) is 3.33. The summed E-state index contributed by atoms with van der Waals surface area (Å²) in [5.74, 6) is 0. The van der Waals surface area contributed by atoms with Crippen LogP contribution in [0.2, 0.25) is 0 Å². The van der Waals surface area contributed by atoms with E-state index >= 15 is 0 Å². The number of rotatable bonds is 4. The average Bonchev–Trinajstić information content (AvgIpc) is 2.29. The van der Waals surface area contributed by atoms with E-state index in [9.17, 15) is 0 Å². The van der Waals surface area contributed by atoms with Gasteiger partial charge < -0.3 is 4.90 Å². The normalized spacial score (nSPS) is 11.2. The van der Waals surface area contributed by atoms with Crippen LogP contribution in [-0.4, -0.2) is 35.5 Å². The molecule has 0 amide bonds. The van der Waals surface area contributed by atoms with Crippen LogP contribution >= 0.6 is 0 Å². The van der Waals surface area contributed by atoms with Crippen LogP contribution in [-0.2, 0) is 6.42 Å². The SMILES string of the molecule is CN(C)CCCc1cccc2nccnc12. The fourth-order valence-electron chi connectivity index (χ4n) is 1.84. The Hall–Kier alpha value is -1.48. The second-order valence-corrected chi connectivity index (χ2v) is 4.25. The maximum atomic E-state index is 4.40. The molecule has 1 aromatic heterocycles. The Morgan fingerprint density at radius 3 is 2.75 bits per heavy atom. The lowest BCUT2D eigenvalue weighted by molar-refractivity contribution is 0.400. The van der Waals surface area contributed by atoms with Crippen LogP contribution in [0.3, 0.4) is 0 Å². The van der Waals surface area contributed by atoms with E-state index < -0.39 is 0 Å². The Labute approximate surface area is 96.1 Å². The third kappa shape index (κ3) is 2.55. The summed E-state index contributed by atoms with van der Waals surface area (Å²) < 4.78 is 0. The molecule has 0 saturated carbocycles. The van der Waals surface area contributed by atoms with Gasteiger partial charge in [-0.2, -0.15) is 0 Å². The van der Waals surface area contributed by atoms with Gasteiger partial charge in [-0.1, -0.05) is 12.1 Å². The molecule has 0 aliphatic heterocycles. The minimum Gasteiger partial charge on any atom is -0.309 e. The number of hydrogen-bond acceptors (Lipinski definition) is 3. The fraction of sp³-hybridized carbons (Fsp3) is 0.385. The minimum absolute atomic E-state index is 0.991. The molecule has 84 valence electrons. The predicted molar refractivity (Wildman–Crippen MR) is 66.4 cm³/mol. The molecule has 2 rings (SSSR count). The minimum atomic E-state index is 0.991. The highest BCUT2D eigenvalue weighted by Gasteiger charge is 2.02. The van der Waals surface area contributed by atoms with Crippen molar-refractivity contribution in [3.8, 4) is 0 Å². The Bertz CT molecular complexity index is 460. The third-order valence-corrected chi connectivity index (χ3v) is 2.63. The molecule has 0 unspecified atom stereocenters. The van der Waals surface area contributed by atoms with Gasteiger partial charge in [0.2, 0.25) is 0 Å². The van der Waals surface area contributed by atoms with Crippen LogP contribution in [0.5, 0.6) is 0 Å². The van der Waals surface area contributed by atoms with Crippen molar-refractivity contribution in [2.24, 2.45) is 0 Å². The molecule has 16 heavy (non-hydrogen) atoms. The average molecular weight is 215 g/mol. The van der Waals surface area contributed by atoms with E-state index in [2.05, 4.69) is 41.1 Å². The largest absolute Gasteiger partial charge is 0.309 e. The van der Waals surface area contributed by atoms with Crippen molar-refractivity contribution in [2.45, 2.75) is 12.8 Å². The number of nitrogens with zero attached hydrogens (tertiary/aromatic N) is 3. The van der Waals surface area contributed by atoms with Gasteiger partial charge in [0.15, 0.2) is 0 Å². The summed E-state index contributed by atoms with van der Waals surface area (Å²) in [6.45, 7) is 1.11. The van der Waals surface area contributed by atoms with E-state index in [1.165, 1.54) is 5.56 Å². The number of benzene rings is 1. The van der Waals surface area contributed by atoms with Crippen molar-refractivity contribution < 1.29 is 0 Å². The molecule has 0 aliphatic carbocycles. The fourth-order valence-corrected chi connectivity index (χ4v) is 1.84. The molecule has 1 aromatic carbocycles. The van der Waals surface area contributed by atoms with Gasteiger partial charge >= 0.3 is 0 Å². The van der Waals surface area contributed by atoms with Gasteiger partial charge in [0.1, 0.15) is 0 Å². The van der Waals surface area contributed by atoms with Crippen molar-refractivity contribution in [1.29, 1.82) is 0 Å². The first-order valence-electron chi connectivity index (χ1n) is 5.61. The maximum Gasteiger partial charge on any atom is 0.0918 e. The van der Waals surface area contributed by atoms with Crippen LogP contribution < -0.4 is 0 Å². The Morgan fingerprint density at radius 2 is 1.94 bits per heavy atom. The molecule has 2 aromatic rings. The molecule has 0 bridgehead atoms. The monoisotopic (exact) mass is 215 g/mol. The zero-order chi connectivity index (χ0) is 11.4. The Balaban J connectivity index is 2.17. The van der Waals surface area contributed by atoms with Gasteiger partial charge in [0.05, 0.1) is 11.0 Å². The Kier molecular flexibility index (Phi) is 3.47. The van der Waals surface area contributed by atoms with Crippen molar-refractivity contribution >= 4 is 11.0 Å². The van der Waals surface area contributed by atoms with E-state index in [4.69, 9.17) is 0 Å². The number of hydrogen-bond donors (Lipinski definition) is 0. The van der Waals surface area contributed by atoms with Gasteiger partial charge in [-0.15, -0.1) is 0 Å². The summed E-state index contributed by atoms with van der Waals surface area (Å²) in [7, 11) is 4.20. The molecule has 0 atom stereocenters. The maximum absolute atomic E-state index is 4.40. The van der Waals surface area contributed by atoms with E-state index in [1.807, 2.05) is 6.07 Å². The first-order chi connectivity index (χ1) is 7.77. The lowest BCUT2D eigenvalue weighted by Gasteiger charge is -2.09. The molecule has 0 spiro atoms. The van der Waals surface area contributed by atoms with Gasteiger partial charge in [0.25, 0.3) is 0 Å². The first kappa shape index (κ1) is 11.0. The van der Waals surface area contributed by atoms with Crippen LogP contribution in [0.15, 0.2) is 30.6 Å². The van der Waals surface area contributed by atoms with E-state index in [0.29, 0.717) is 0 Å². The van der Waals surface area contributed by atoms with E-state index in [0.717, 1.165) is 30.4 Å². The van der Waals surface area contributed by atoms with E-state index in [1.54, 1.807) is 12.4 Å². The zero-order valence-electron chi connectivity index (χ0n) is 9.85. The molecular formula is C13H17N3. The molecule has 3 heteroatoms. The highest BCUT2D eigenvalue weighted by molar-refractivity contribution is 5.77. The number of aromatic nitrogens is 2. The summed E-state index contributed by atoms with van der Waals surface area (Å²) >= 11 is 0. The van der Waals surface area contributed by atoms with Crippen molar-refractivity contribution in [3.05, 3.63) is 36.2 Å². The Morgan fingerprint density at radius 1 is 1.12 bits per heavy atom. The predicted octanol–water partition coefficient (Wildman–Crippen LogP) is 2.12. The van der Waals surface area contributed by atoms with E-state index in [-0.39, 0.29) is 0 Å². The van der Waals surface area contributed by atoms with Gasteiger partial charge in [0, 0.05) is 12.4 Å². The summed E-state index contributed by atoms with van der Waals surface area (Å²) in [6.07, 6.45) is 5.72. The first-order valence-corrected chi connectivity index (χ1v) is 5.61. The molecule has 0 N–H and O–H groups in total. The second-order valence-electron chi connectivity index (χ2n) is 4.25. The van der Waals surface area contributed by atoms with Gasteiger partial charge in [-0.05, 0) is 45.1 Å². The van der Waals surface area contributed by atoms with Gasteiger partial charge in [-0.25, -0.2) is 0 Å². The van der Waals surface area contributed by atoms with Crippen LogP contribution in [0.25, 0.3) is 11.0 Å². The smallest absolute Gasteiger partial charge is 0.0918 e. The molecule has 0 aliphatic rings. The molecular weight excluding hydrogens is 198 g/mol. The molecule has 1 heterocycles. The van der Waals surface area contributed by atoms with Crippen LogP contribution in [0.4, 0.5) is 0 Å². The highest BCUT2D eigenvalue weighted by atomic mass is 15.0. The highest BCUT2D eigenvalue weighted by Crippen LogP contribution is 2.15. The van der Waals surface area contributed by atoms with Crippen molar-refractivity contribution in [3.63, 3.8) is 0 Å². The lowest BCUT2D eigenvalue weighted by Crippen LogP contribution is -2.13. The zero-order valence-corrected chi connectivity index (χ0v) is 9.85. The molecule has 0 saturated heterocycles. The quantitative estimate of drug-likeness (QED) is 0.782. The van der Waals surface area contributed by atoms with Crippen molar-refractivity contribution in [2.75, 3.05) is 20.6 Å². The lowest BCUT2D eigenvalue weighted by atomic mass is 10.1. The van der Waals surface area contributed by atoms with Crippen molar-refractivity contribution in [1.82, 2.24) is 14.9 Å². The summed E-state index contributed by atoms with van der Waals surface area (Å²) in [6, 6.07) is 6.21. The number of fused-ring (bicyclic) bond motifs is 1.